The fourth-order valence-electron chi connectivity index (χ4n) is 4.29. The molecule has 2 aliphatic heterocycles. The monoisotopic (exact) mass is 547 g/mol. The minimum atomic E-state index is -4.73. The first-order valence-corrected chi connectivity index (χ1v) is 11.6. The number of urea groups is 1. The standard InChI is InChI=1S/C23H23ClF5N5O3/c1-12-7-13(23(27,28)29)8-18(31-12)34-17(11-33(22(34)36)10-14-9-30-5-6-37-14)21(35)32(2)16-4-3-15(25)19(24)20(16)26/h3-4,7-8,14,17,30H,5-6,9-11H2,1-2H3. The highest BCUT2D eigenvalue weighted by atomic mass is 35.5. The lowest BCUT2D eigenvalue weighted by Crippen LogP contribution is -2.47. The van der Waals surface area contributed by atoms with Crippen molar-refractivity contribution in [1.29, 1.82) is 0 Å². The normalized spacial score (nSPS) is 20.5. The highest BCUT2D eigenvalue weighted by Gasteiger charge is 2.46. The van der Waals surface area contributed by atoms with Gasteiger partial charge >= 0.3 is 12.2 Å². The van der Waals surface area contributed by atoms with Crippen LogP contribution in [-0.4, -0.2) is 73.8 Å². The number of halogens is 6. The molecule has 200 valence electrons. The van der Waals surface area contributed by atoms with Crippen LogP contribution in [0.4, 0.5) is 38.3 Å². The molecule has 2 saturated heterocycles. The Bertz CT molecular complexity index is 1210. The van der Waals surface area contributed by atoms with Crippen molar-refractivity contribution in [2.75, 3.05) is 49.6 Å². The second kappa shape index (κ2) is 10.4. The van der Waals surface area contributed by atoms with E-state index in [2.05, 4.69) is 10.3 Å². The van der Waals surface area contributed by atoms with Gasteiger partial charge in [-0.25, -0.2) is 18.6 Å². The molecular weight excluding hydrogens is 525 g/mol. The minimum Gasteiger partial charge on any atom is -0.374 e. The van der Waals surface area contributed by atoms with Gasteiger partial charge in [-0.3, -0.25) is 9.69 Å². The first-order chi connectivity index (χ1) is 17.4. The van der Waals surface area contributed by atoms with Crippen LogP contribution in [0.1, 0.15) is 11.3 Å². The molecule has 1 aromatic heterocycles. The summed E-state index contributed by atoms with van der Waals surface area (Å²) in [6, 6.07) is 1.25. The Morgan fingerprint density at radius 2 is 2.03 bits per heavy atom. The second-order valence-electron chi connectivity index (χ2n) is 8.72. The summed E-state index contributed by atoms with van der Waals surface area (Å²) >= 11 is 5.65. The van der Waals surface area contributed by atoms with E-state index in [1.807, 2.05) is 0 Å². The lowest BCUT2D eigenvalue weighted by atomic mass is 10.1. The molecule has 2 aliphatic rings. The Kier molecular flexibility index (Phi) is 7.58. The summed E-state index contributed by atoms with van der Waals surface area (Å²) in [5.41, 5.74) is -1.43. The van der Waals surface area contributed by atoms with Gasteiger partial charge in [-0.1, -0.05) is 11.6 Å². The van der Waals surface area contributed by atoms with Crippen molar-refractivity contribution < 1.29 is 36.3 Å². The van der Waals surface area contributed by atoms with Crippen molar-refractivity contribution in [3.8, 4) is 0 Å². The van der Waals surface area contributed by atoms with Crippen LogP contribution in [0.3, 0.4) is 0 Å². The van der Waals surface area contributed by atoms with E-state index in [0.29, 0.717) is 25.8 Å². The highest BCUT2D eigenvalue weighted by Crippen LogP contribution is 2.35. The molecule has 3 amide bonds. The van der Waals surface area contributed by atoms with Crippen LogP contribution in [0.15, 0.2) is 24.3 Å². The predicted molar refractivity (Wildman–Crippen MR) is 125 cm³/mol. The summed E-state index contributed by atoms with van der Waals surface area (Å²) in [4.78, 5) is 34.0. The number of morpholine rings is 1. The van der Waals surface area contributed by atoms with Gasteiger partial charge in [-0.05, 0) is 31.2 Å². The second-order valence-corrected chi connectivity index (χ2v) is 9.09. The predicted octanol–water partition coefficient (Wildman–Crippen LogP) is 3.60. The molecule has 14 heteroatoms. The number of benzene rings is 1. The summed E-state index contributed by atoms with van der Waals surface area (Å²) < 4.78 is 74.5. The van der Waals surface area contributed by atoms with E-state index < -0.39 is 52.5 Å². The Morgan fingerprint density at radius 1 is 1.30 bits per heavy atom. The minimum absolute atomic E-state index is 0.0215. The van der Waals surface area contributed by atoms with Crippen molar-refractivity contribution in [1.82, 2.24) is 15.2 Å². The summed E-state index contributed by atoms with van der Waals surface area (Å²) in [5.74, 6) is -3.44. The number of rotatable bonds is 5. The Balaban J connectivity index is 1.72. The number of aromatic nitrogens is 1. The maximum Gasteiger partial charge on any atom is 0.416 e. The number of nitrogens with zero attached hydrogens (tertiary/aromatic N) is 4. The molecule has 0 spiro atoms. The molecule has 3 heterocycles. The van der Waals surface area contributed by atoms with Crippen LogP contribution in [0.2, 0.25) is 5.02 Å². The van der Waals surface area contributed by atoms with Crippen molar-refractivity contribution in [2.24, 2.45) is 0 Å². The smallest absolute Gasteiger partial charge is 0.374 e. The van der Waals surface area contributed by atoms with E-state index in [1.165, 1.54) is 18.9 Å². The third-order valence-electron chi connectivity index (χ3n) is 6.12. The van der Waals surface area contributed by atoms with Gasteiger partial charge in [0.05, 0.1) is 30.5 Å². The number of carbonyl (C=O) groups excluding carboxylic acids is 2. The molecule has 1 aromatic carbocycles. The number of anilines is 2. The summed E-state index contributed by atoms with van der Waals surface area (Å²) in [6.07, 6.45) is -5.13. The number of ether oxygens (including phenoxy) is 1. The van der Waals surface area contributed by atoms with Gasteiger partial charge in [0.15, 0.2) is 5.82 Å². The van der Waals surface area contributed by atoms with E-state index in [9.17, 15) is 31.5 Å². The average Bonchev–Trinajstić information content (AvgIpc) is 3.17. The van der Waals surface area contributed by atoms with E-state index >= 15 is 0 Å². The summed E-state index contributed by atoms with van der Waals surface area (Å²) in [5, 5.41) is 2.29. The molecule has 2 aromatic rings. The van der Waals surface area contributed by atoms with Crippen molar-refractivity contribution in [3.63, 3.8) is 0 Å². The zero-order chi connectivity index (χ0) is 27.1. The van der Waals surface area contributed by atoms with Gasteiger partial charge in [0.1, 0.15) is 22.7 Å². The molecule has 0 radical (unpaired) electrons. The Morgan fingerprint density at radius 3 is 2.68 bits per heavy atom. The zero-order valence-corrected chi connectivity index (χ0v) is 20.5. The number of likely N-dealkylation sites (N-methyl/N-ethyl adjacent to an activating group) is 1. The first-order valence-electron chi connectivity index (χ1n) is 11.3. The molecule has 1 N–H and O–H groups in total. The molecule has 8 nitrogen and oxygen atoms in total. The van der Waals surface area contributed by atoms with E-state index in [4.69, 9.17) is 16.3 Å². The number of pyridine rings is 1. The summed E-state index contributed by atoms with van der Waals surface area (Å²) in [7, 11) is 1.19. The SMILES string of the molecule is Cc1cc(C(F)(F)F)cc(N2C(=O)N(CC3CNCCO3)CC2C(=O)N(C)c2ccc(F)c(Cl)c2F)n1. The molecule has 2 atom stereocenters. The maximum atomic E-state index is 14.7. The fraction of sp³-hybridized carbons (Fsp3) is 0.435. The van der Waals surface area contributed by atoms with Crippen LogP contribution in [0.5, 0.6) is 0 Å². The van der Waals surface area contributed by atoms with Crippen LogP contribution in [-0.2, 0) is 15.7 Å². The number of aryl methyl sites for hydroxylation is 1. The average molecular weight is 548 g/mol. The Hall–Kier alpha value is -3.03. The maximum absolute atomic E-state index is 14.7. The quantitative estimate of drug-likeness (QED) is 0.457. The molecular formula is C23H23ClF5N5O3. The van der Waals surface area contributed by atoms with E-state index in [0.717, 1.165) is 28.0 Å². The molecule has 4 rings (SSSR count). The van der Waals surface area contributed by atoms with Gasteiger partial charge < -0.3 is 19.9 Å². The molecule has 2 fully saturated rings. The van der Waals surface area contributed by atoms with Crippen molar-refractivity contribution in [2.45, 2.75) is 25.2 Å². The van der Waals surface area contributed by atoms with Gasteiger partial charge in [-0.2, -0.15) is 13.2 Å². The topological polar surface area (TPSA) is 78.0 Å². The van der Waals surface area contributed by atoms with Gasteiger partial charge in [0.2, 0.25) is 0 Å². The van der Waals surface area contributed by atoms with Crippen molar-refractivity contribution >= 4 is 35.0 Å². The van der Waals surface area contributed by atoms with Gasteiger partial charge in [0, 0.05) is 32.4 Å². The summed E-state index contributed by atoms with van der Waals surface area (Å²) in [6.45, 7) is 2.63. The molecule has 0 bridgehead atoms. The molecule has 37 heavy (non-hydrogen) atoms. The van der Waals surface area contributed by atoms with Crippen LogP contribution >= 0.6 is 11.6 Å². The lowest BCUT2D eigenvalue weighted by Gasteiger charge is -2.27. The fourth-order valence-corrected chi connectivity index (χ4v) is 4.45. The van der Waals surface area contributed by atoms with Gasteiger partial charge in [-0.15, -0.1) is 0 Å². The largest absolute Gasteiger partial charge is 0.416 e. The number of nitrogens with one attached hydrogen (secondary N) is 1. The van der Waals surface area contributed by atoms with Gasteiger partial charge in [0.25, 0.3) is 5.91 Å². The number of alkyl halides is 3. The number of carbonyl (C=O) groups is 2. The third-order valence-corrected chi connectivity index (χ3v) is 6.46. The number of hydrogen-bond donors (Lipinski definition) is 1. The van der Waals surface area contributed by atoms with Crippen LogP contribution in [0.25, 0.3) is 0 Å². The number of amides is 3. The zero-order valence-electron chi connectivity index (χ0n) is 19.8. The van der Waals surface area contributed by atoms with Crippen molar-refractivity contribution in [3.05, 3.63) is 52.2 Å². The highest BCUT2D eigenvalue weighted by molar-refractivity contribution is 6.31. The molecule has 0 aliphatic carbocycles. The first kappa shape index (κ1) is 27.0. The third kappa shape index (κ3) is 5.48. The lowest BCUT2D eigenvalue weighted by molar-refractivity contribution is -0.137. The number of hydrogen-bond acceptors (Lipinski definition) is 5. The van der Waals surface area contributed by atoms with Crippen LogP contribution in [0, 0.1) is 18.6 Å². The van der Waals surface area contributed by atoms with E-state index in [1.54, 1.807) is 0 Å². The van der Waals surface area contributed by atoms with Crippen LogP contribution < -0.4 is 15.1 Å². The Labute approximate surface area is 213 Å². The van der Waals surface area contributed by atoms with E-state index in [-0.39, 0.29) is 30.3 Å². The molecule has 0 saturated carbocycles. The molecule has 2 unspecified atom stereocenters.